The summed E-state index contributed by atoms with van der Waals surface area (Å²) in [6, 6.07) is 10.9. The maximum Gasteiger partial charge on any atom is 0.272 e. The van der Waals surface area contributed by atoms with E-state index in [4.69, 9.17) is 0 Å². The zero-order valence-electron chi connectivity index (χ0n) is 14.5. The molecule has 1 aromatic carbocycles. The predicted molar refractivity (Wildman–Crippen MR) is 96.8 cm³/mol. The summed E-state index contributed by atoms with van der Waals surface area (Å²) in [5.74, 6) is -0.116. The molecular formula is C19H19N5O2. The molecule has 3 aromatic rings. The molecule has 0 atom stereocenters. The van der Waals surface area contributed by atoms with Crippen LogP contribution in [0.15, 0.2) is 48.9 Å². The first-order chi connectivity index (χ1) is 12.6. The van der Waals surface area contributed by atoms with Crippen LogP contribution in [0.25, 0.3) is 11.0 Å². The molecule has 0 radical (unpaired) electrons. The van der Waals surface area contributed by atoms with Crippen LogP contribution >= 0.6 is 0 Å². The number of piperazine rings is 1. The van der Waals surface area contributed by atoms with Crippen molar-refractivity contribution in [3.05, 3.63) is 60.2 Å². The number of hydrogen-bond donors (Lipinski definition) is 0. The Morgan fingerprint density at radius 2 is 1.65 bits per heavy atom. The third-order valence-corrected chi connectivity index (χ3v) is 4.71. The quantitative estimate of drug-likeness (QED) is 0.704. The molecule has 26 heavy (non-hydrogen) atoms. The van der Waals surface area contributed by atoms with E-state index >= 15 is 0 Å². The van der Waals surface area contributed by atoms with Crippen LogP contribution < -0.4 is 0 Å². The lowest BCUT2D eigenvalue weighted by Crippen LogP contribution is -2.50. The highest BCUT2D eigenvalue weighted by Gasteiger charge is 2.26. The van der Waals surface area contributed by atoms with Gasteiger partial charge in [-0.1, -0.05) is 6.07 Å². The molecule has 2 aromatic heterocycles. The van der Waals surface area contributed by atoms with E-state index in [9.17, 15) is 9.59 Å². The average molecular weight is 349 g/mol. The van der Waals surface area contributed by atoms with Gasteiger partial charge in [-0.15, -0.1) is 0 Å². The molecule has 1 fully saturated rings. The topological polar surface area (TPSA) is 71.3 Å². The number of benzene rings is 1. The van der Waals surface area contributed by atoms with Gasteiger partial charge < -0.3 is 14.4 Å². The molecule has 0 bridgehead atoms. The lowest BCUT2D eigenvalue weighted by atomic mass is 10.1. The number of amides is 2. The largest absolute Gasteiger partial charge is 0.335 e. The summed E-state index contributed by atoms with van der Waals surface area (Å²) >= 11 is 0. The minimum absolute atomic E-state index is 0.0255. The Hall–Kier alpha value is -3.22. The van der Waals surface area contributed by atoms with Crippen molar-refractivity contribution in [1.29, 1.82) is 0 Å². The number of hydrogen-bond acceptors (Lipinski definition) is 4. The van der Waals surface area contributed by atoms with Crippen molar-refractivity contribution in [2.45, 2.75) is 0 Å². The Labute approximate surface area is 150 Å². The van der Waals surface area contributed by atoms with Crippen LogP contribution in [0.5, 0.6) is 0 Å². The molecule has 7 heteroatoms. The van der Waals surface area contributed by atoms with Crippen LogP contribution in [-0.4, -0.2) is 62.3 Å². The van der Waals surface area contributed by atoms with Crippen molar-refractivity contribution in [3.8, 4) is 0 Å². The summed E-state index contributed by atoms with van der Waals surface area (Å²) in [5, 5.41) is 0. The maximum absolute atomic E-state index is 12.8. The Morgan fingerprint density at radius 1 is 0.923 bits per heavy atom. The van der Waals surface area contributed by atoms with Gasteiger partial charge in [-0.05, 0) is 30.3 Å². The minimum atomic E-state index is -0.0902. The number of fused-ring (bicyclic) bond motifs is 1. The molecule has 7 nitrogen and oxygen atoms in total. The fourth-order valence-electron chi connectivity index (χ4n) is 3.22. The highest BCUT2D eigenvalue weighted by atomic mass is 16.2. The van der Waals surface area contributed by atoms with Crippen molar-refractivity contribution >= 4 is 22.8 Å². The minimum Gasteiger partial charge on any atom is -0.335 e. The summed E-state index contributed by atoms with van der Waals surface area (Å²) in [6.45, 7) is 2.04. The molecule has 2 amide bonds. The van der Waals surface area contributed by atoms with E-state index in [-0.39, 0.29) is 11.8 Å². The fourth-order valence-corrected chi connectivity index (χ4v) is 3.22. The summed E-state index contributed by atoms with van der Waals surface area (Å²) in [6.07, 6.45) is 3.35. The number of carbonyl (C=O) groups excluding carboxylic acids is 2. The highest BCUT2D eigenvalue weighted by molar-refractivity contribution is 5.98. The Bertz CT molecular complexity index is 958. The number of pyridine rings is 1. The number of nitrogens with zero attached hydrogens (tertiary/aromatic N) is 5. The number of rotatable bonds is 2. The Morgan fingerprint density at radius 3 is 2.35 bits per heavy atom. The molecule has 0 aliphatic carbocycles. The van der Waals surface area contributed by atoms with E-state index in [1.165, 1.54) is 0 Å². The summed E-state index contributed by atoms with van der Waals surface area (Å²) in [4.78, 5) is 37.2. The molecule has 0 N–H and O–H groups in total. The molecule has 1 saturated heterocycles. The van der Waals surface area contributed by atoms with Crippen LogP contribution in [0.3, 0.4) is 0 Å². The van der Waals surface area contributed by atoms with Crippen molar-refractivity contribution in [1.82, 2.24) is 24.3 Å². The van der Waals surface area contributed by atoms with Crippen molar-refractivity contribution in [3.63, 3.8) is 0 Å². The second kappa shape index (κ2) is 6.59. The number of aryl methyl sites for hydroxylation is 1. The Kier molecular flexibility index (Phi) is 4.12. The van der Waals surface area contributed by atoms with Gasteiger partial charge in [0.05, 0.1) is 17.4 Å². The third-order valence-electron chi connectivity index (χ3n) is 4.71. The van der Waals surface area contributed by atoms with E-state index in [0.717, 1.165) is 11.0 Å². The smallest absolute Gasteiger partial charge is 0.272 e. The molecular weight excluding hydrogens is 330 g/mol. The van der Waals surface area contributed by atoms with Crippen LogP contribution in [0, 0.1) is 0 Å². The maximum atomic E-state index is 12.8. The fraction of sp³-hybridized carbons (Fsp3) is 0.263. The molecule has 0 spiro atoms. The van der Waals surface area contributed by atoms with E-state index in [1.807, 2.05) is 29.8 Å². The summed E-state index contributed by atoms with van der Waals surface area (Å²) < 4.78 is 1.92. The zero-order chi connectivity index (χ0) is 18.1. The van der Waals surface area contributed by atoms with Gasteiger partial charge in [0, 0.05) is 45.0 Å². The van der Waals surface area contributed by atoms with Gasteiger partial charge in [-0.25, -0.2) is 4.98 Å². The lowest BCUT2D eigenvalue weighted by molar-refractivity contribution is 0.0532. The van der Waals surface area contributed by atoms with Crippen LogP contribution in [0.4, 0.5) is 0 Å². The molecule has 0 saturated carbocycles. The van der Waals surface area contributed by atoms with Gasteiger partial charge >= 0.3 is 0 Å². The van der Waals surface area contributed by atoms with E-state index in [2.05, 4.69) is 9.97 Å². The SMILES string of the molecule is Cn1cnc2cc(C(=O)N3CCN(C(=O)c4ccccn4)CC3)ccc21. The average Bonchev–Trinajstić information content (AvgIpc) is 3.08. The summed E-state index contributed by atoms with van der Waals surface area (Å²) in [7, 11) is 1.93. The Balaban J connectivity index is 1.43. The first-order valence-electron chi connectivity index (χ1n) is 8.54. The van der Waals surface area contributed by atoms with Crippen LogP contribution in [0.2, 0.25) is 0 Å². The highest BCUT2D eigenvalue weighted by Crippen LogP contribution is 2.16. The monoisotopic (exact) mass is 349 g/mol. The second-order valence-corrected chi connectivity index (χ2v) is 6.36. The van der Waals surface area contributed by atoms with Gasteiger partial charge in [-0.2, -0.15) is 0 Å². The van der Waals surface area contributed by atoms with Crippen molar-refractivity contribution in [2.24, 2.45) is 7.05 Å². The molecule has 4 rings (SSSR count). The van der Waals surface area contributed by atoms with Gasteiger partial charge in [0.25, 0.3) is 11.8 Å². The van der Waals surface area contributed by atoms with E-state index < -0.39 is 0 Å². The van der Waals surface area contributed by atoms with Gasteiger partial charge in [0.15, 0.2) is 0 Å². The standard InChI is InChI=1S/C19H19N5O2/c1-22-13-21-16-12-14(5-6-17(16)22)18(25)23-8-10-24(11-9-23)19(26)15-4-2-3-7-20-15/h2-7,12-13H,8-11H2,1H3. The lowest BCUT2D eigenvalue weighted by Gasteiger charge is -2.34. The molecule has 1 aliphatic heterocycles. The molecule has 132 valence electrons. The van der Waals surface area contributed by atoms with Gasteiger partial charge in [0.1, 0.15) is 5.69 Å². The third kappa shape index (κ3) is 2.92. The van der Waals surface area contributed by atoms with Gasteiger partial charge in [0.2, 0.25) is 0 Å². The zero-order valence-corrected chi connectivity index (χ0v) is 14.5. The van der Waals surface area contributed by atoms with Crippen LogP contribution in [-0.2, 0) is 7.05 Å². The predicted octanol–water partition coefficient (Wildman–Crippen LogP) is 1.57. The van der Waals surface area contributed by atoms with Crippen molar-refractivity contribution in [2.75, 3.05) is 26.2 Å². The van der Waals surface area contributed by atoms with E-state index in [0.29, 0.717) is 37.4 Å². The second-order valence-electron chi connectivity index (χ2n) is 6.36. The molecule has 3 heterocycles. The normalized spacial score (nSPS) is 14.7. The number of imidazole rings is 1. The van der Waals surface area contributed by atoms with E-state index in [1.54, 1.807) is 40.5 Å². The van der Waals surface area contributed by atoms with Crippen molar-refractivity contribution < 1.29 is 9.59 Å². The summed E-state index contributed by atoms with van der Waals surface area (Å²) in [5.41, 5.74) is 2.86. The van der Waals surface area contributed by atoms with Crippen LogP contribution in [0.1, 0.15) is 20.8 Å². The number of aromatic nitrogens is 3. The molecule has 1 aliphatic rings. The first kappa shape index (κ1) is 16.3. The first-order valence-corrected chi connectivity index (χ1v) is 8.54. The molecule has 0 unspecified atom stereocenters. The number of carbonyl (C=O) groups is 2. The van der Waals surface area contributed by atoms with Gasteiger partial charge in [-0.3, -0.25) is 14.6 Å².